The highest BCUT2D eigenvalue weighted by molar-refractivity contribution is 7.89. The van der Waals surface area contributed by atoms with Crippen LogP contribution in [0.4, 0.5) is 0 Å². The summed E-state index contributed by atoms with van der Waals surface area (Å²) in [5.74, 6) is -0.0776. The highest BCUT2D eigenvalue weighted by Crippen LogP contribution is 2.28. The van der Waals surface area contributed by atoms with Gasteiger partial charge in [0, 0.05) is 38.3 Å². The van der Waals surface area contributed by atoms with Crippen LogP contribution in [0.5, 0.6) is 5.75 Å². The summed E-state index contributed by atoms with van der Waals surface area (Å²) in [6.07, 6.45) is -0.525. The van der Waals surface area contributed by atoms with Gasteiger partial charge in [-0.3, -0.25) is 4.90 Å². The number of aliphatic carboxylic acids is 1. The fourth-order valence-electron chi connectivity index (χ4n) is 3.77. The molecular weight excluding hydrogens is 428 g/mol. The van der Waals surface area contributed by atoms with Crippen molar-refractivity contribution < 1.29 is 23.1 Å². The predicted octanol–water partition coefficient (Wildman–Crippen LogP) is 3.56. The van der Waals surface area contributed by atoms with Crippen LogP contribution in [0.25, 0.3) is 0 Å². The predicted molar refractivity (Wildman–Crippen MR) is 123 cm³/mol. The number of sulfonamides is 1. The Hall–Kier alpha value is -2.42. The third-order valence-electron chi connectivity index (χ3n) is 5.77. The van der Waals surface area contributed by atoms with E-state index in [0.717, 1.165) is 11.1 Å². The summed E-state index contributed by atoms with van der Waals surface area (Å²) >= 11 is 0. The largest absolute Gasteiger partial charge is 0.479 e. The van der Waals surface area contributed by atoms with E-state index in [4.69, 9.17) is 4.74 Å². The summed E-state index contributed by atoms with van der Waals surface area (Å²) in [5, 5.41) is 9.39. The number of hydrogen-bond donors (Lipinski definition) is 1. The normalized spacial score (nSPS) is 16.8. The maximum atomic E-state index is 12.9. The number of carboxylic acid groups (broad SMARTS) is 1. The number of nitrogens with zero attached hydrogens (tertiary/aromatic N) is 2. The molecule has 2 aromatic rings. The fraction of sp³-hybridized carbons (Fsp3) is 0.458. The van der Waals surface area contributed by atoms with Crippen LogP contribution in [0.3, 0.4) is 0 Å². The summed E-state index contributed by atoms with van der Waals surface area (Å²) in [4.78, 5) is 14.0. The molecule has 3 rings (SSSR count). The van der Waals surface area contributed by atoms with Crippen molar-refractivity contribution >= 4 is 16.0 Å². The molecule has 0 saturated carbocycles. The van der Waals surface area contributed by atoms with Crippen LogP contribution in [-0.2, 0) is 21.4 Å². The van der Waals surface area contributed by atoms with Crippen molar-refractivity contribution in [2.24, 2.45) is 0 Å². The molecule has 1 aliphatic heterocycles. The Morgan fingerprint density at radius 2 is 1.72 bits per heavy atom. The SMILES string of the molecule is CCC(Oc1ccc(C(C)C)cc1CN1CCN(S(=O)(=O)c2ccccc2)CC1)C(=O)O. The summed E-state index contributed by atoms with van der Waals surface area (Å²) < 4.78 is 33.1. The van der Waals surface area contributed by atoms with Gasteiger partial charge in [0.2, 0.25) is 10.0 Å². The highest BCUT2D eigenvalue weighted by atomic mass is 32.2. The lowest BCUT2D eigenvalue weighted by atomic mass is 9.99. The van der Waals surface area contributed by atoms with E-state index >= 15 is 0 Å². The van der Waals surface area contributed by atoms with Gasteiger partial charge in [0.15, 0.2) is 6.10 Å². The lowest BCUT2D eigenvalue weighted by molar-refractivity contribution is -0.145. The van der Waals surface area contributed by atoms with Crippen LogP contribution in [-0.4, -0.2) is 61.0 Å². The first kappa shape index (κ1) is 24.2. The molecule has 0 aromatic heterocycles. The minimum absolute atomic E-state index is 0.313. The molecule has 0 radical (unpaired) electrons. The Morgan fingerprint density at radius 1 is 1.06 bits per heavy atom. The molecule has 1 atom stereocenters. The van der Waals surface area contributed by atoms with Crippen molar-refractivity contribution in [3.63, 3.8) is 0 Å². The smallest absolute Gasteiger partial charge is 0.344 e. The van der Waals surface area contributed by atoms with Gasteiger partial charge in [-0.1, -0.05) is 51.1 Å². The molecule has 2 aromatic carbocycles. The Balaban J connectivity index is 1.73. The lowest BCUT2D eigenvalue weighted by Crippen LogP contribution is -2.48. The van der Waals surface area contributed by atoms with E-state index in [9.17, 15) is 18.3 Å². The standard InChI is InChI=1S/C24H32N2O5S/c1-4-22(24(27)28)31-23-11-10-19(18(2)3)16-20(23)17-25-12-14-26(15-13-25)32(29,30)21-8-6-5-7-9-21/h5-11,16,18,22H,4,12-15,17H2,1-3H3,(H,27,28). The molecule has 0 bridgehead atoms. The lowest BCUT2D eigenvalue weighted by Gasteiger charge is -2.34. The number of ether oxygens (including phenoxy) is 1. The summed E-state index contributed by atoms with van der Waals surface area (Å²) in [5.41, 5.74) is 2.08. The van der Waals surface area contributed by atoms with Gasteiger partial charge in [-0.2, -0.15) is 4.31 Å². The first-order chi connectivity index (χ1) is 15.2. The van der Waals surface area contributed by atoms with Crippen molar-refractivity contribution in [1.29, 1.82) is 0 Å². The molecule has 0 amide bonds. The second-order valence-electron chi connectivity index (χ2n) is 8.37. The van der Waals surface area contributed by atoms with Crippen LogP contribution in [0.2, 0.25) is 0 Å². The molecule has 1 N–H and O–H groups in total. The van der Waals surface area contributed by atoms with Crippen molar-refractivity contribution in [1.82, 2.24) is 9.21 Å². The zero-order valence-electron chi connectivity index (χ0n) is 18.9. The topological polar surface area (TPSA) is 87.2 Å². The third-order valence-corrected chi connectivity index (χ3v) is 7.69. The van der Waals surface area contributed by atoms with E-state index in [1.54, 1.807) is 37.3 Å². The first-order valence-corrected chi connectivity index (χ1v) is 12.5. The molecule has 32 heavy (non-hydrogen) atoms. The number of carboxylic acids is 1. The molecule has 0 aliphatic carbocycles. The maximum absolute atomic E-state index is 12.9. The minimum atomic E-state index is -3.50. The molecule has 174 valence electrons. The van der Waals surface area contributed by atoms with Gasteiger partial charge in [0.1, 0.15) is 5.75 Å². The summed E-state index contributed by atoms with van der Waals surface area (Å²) in [7, 11) is -3.50. The second kappa shape index (κ2) is 10.5. The van der Waals surface area contributed by atoms with Crippen LogP contribution in [0.1, 0.15) is 44.2 Å². The molecule has 1 aliphatic rings. The Kier molecular flexibility index (Phi) is 7.92. The number of rotatable bonds is 9. The number of benzene rings is 2. The average Bonchev–Trinajstić information content (AvgIpc) is 2.78. The monoisotopic (exact) mass is 460 g/mol. The quantitative estimate of drug-likeness (QED) is 0.616. The summed E-state index contributed by atoms with van der Waals surface area (Å²) in [6.45, 7) is 8.57. The maximum Gasteiger partial charge on any atom is 0.344 e. The molecule has 1 unspecified atom stereocenters. The third kappa shape index (κ3) is 5.68. The molecule has 1 saturated heterocycles. The fourth-order valence-corrected chi connectivity index (χ4v) is 5.21. The van der Waals surface area contributed by atoms with Gasteiger partial charge in [0.25, 0.3) is 0 Å². The molecule has 0 spiro atoms. The van der Waals surface area contributed by atoms with E-state index in [0.29, 0.717) is 55.7 Å². The van der Waals surface area contributed by atoms with E-state index in [-0.39, 0.29) is 0 Å². The van der Waals surface area contributed by atoms with Crippen molar-refractivity contribution in [3.05, 3.63) is 59.7 Å². The Labute approximate surface area is 190 Å². The summed E-state index contributed by atoms with van der Waals surface area (Å²) in [6, 6.07) is 14.4. The highest BCUT2D eigenvalue weighted by Gasteiger charge is 2.29. The molecule has 1 fully saturated rings. The van der Waals surface area contributed by atoms with Gasteiger partial charge in [-0.15, -0.1) is 0 Å². The zero-order valence-corrected chi connectivity index (χ0v) is 19.7. The molecular formula is C24H32N2O5S. The molecule has 8 heteroatoms. The number of hydrogen-bond acceptors (Lipinski definition) is 5. The molecule has 1 heterocycles. The van der Waals surface area contributed by atoms with Gasteiger partial charge in [-0.25, -0.2) is 13.2 Å². The Bertz CT molecular complexity index is 1020. The van der Waals surface area contributed by atoms with Crippen molar-refractivity contribution in [2.75, 3.05) is 26.2 Å². The zero-order chi connectivity index (χ0) is 23.3. The van der Waals surface area contributed by atoms with E-state index in [1.807, 2.05) is 12.1 Å². The van der Waals surface area contributed by atoms with Crippen LogP contribution < -0.4 is 4.74 Å². The first-order valence-electron chi connectivity index (χ1n) is 11.0. The van der Waals surface area contributed by atoms with Crippen LogP contribution in [0.15, 0.2) is 53.4 Å². The van der Waals surface area contributed by atoms with E-state index in [1.165, 1.54) is 4.31 Å². The Morgan fingerprint density at radius 3 is 2.28 bits per heavy atom. The molecule has 7 nitrogen and oxygen atoms in total. The van der Waals surface area contributed by atoms with E-state index in [2.05, 4.69) is 24.8 Å². The average molecular weight is 461 g/mol. The van der Waals surface area contributed by atoms with Crippen LogP contribution in [0, 0.1) is 0 Å². The van der Waals surface area contributed by atoms with Gasteiger partial charge in [0.05, 0.1) is 4.90 Å². The number of piperazine rings is 1. The minimum Gasteiger partial charge on any atom is -0.479 e. The van der Waals surface area contributed by atoms with Gasteiger partial charge >= 0.3 is 5.97 Å². The van der Waals surface area contributed by atoms with Crippen LogP contribution >= 0.6 is 0 Å². The van der Waals surface area contributed by atoms with E-state index < -0.39 is 22.1 Å². The number of carbonyl (C=O) groups is 1. The van der Waals surface area contributed by atoms with Gasteiger partial charge < -0.3 is 9.84 Å². The van der Waals surface area contributed by atoms with Gasteiger partial charge in [-0.05, 0) is 36.1 Å². The second-order valence-corrected chi connectivity index (χ2v) is 10.3. The van der Waals surface area contributed by atoms with Crippen molar-refractivity contribution in [2.45, 2.75) is 50.7 Å². The van der Waals surface area contributed by atoms with Crippen molar-refractivity contribution in [3.8, 4) is 5.75 Å².